The van der Waals surface area contributed by atoms with Crippen molar-refractivity contribution in [1.29, 1.82) is 0 Å². The van der Waals surface area contributed by atoms with Crippen LogP contribution in [0.3, 0.4) is 0 Å². The van der Waals surface area contributed by atoms with Gasteiger partial charge >= 0.3 is 0 Å². The lowest BCUT2D eigenvalue weighted by atomic mass is 9.91. The summed E-state index contributed by atoms with van der Waals surface area (Å²) in [4.78, 5) is 0. The minimum Gasteiger partial charge on any atom is -0.451 e. The van der Waals surface area contributed by atoms with Gasteiger partial charge in [0.25, 0.3) is 0 Å². The Kier molecular flexibility index (Phi) is 7.28. The third kappa shape index (κ3) is 5.38. The van der Waals surface area contributed by atoms with Gasteiger partial charge in [-0.2, -0.15) is 0 Å². The molecule has 192 valence electrons. The molecule has 6 rings (SSSR count). The molecule has 1 aliphatic carbocycles. The van der Waals surface area contributed by atoms with Crippen LogP contribution in [0.15, 0.2) is 36.4 Å². The van der Waals surface area contributed by atoms with E-state index in [0.29, 0.717) is 19.4 Å². The molecule has 8 nitrogen and oxygen atoms in total. The van der Waals surface area contributed by atoms with E-state index in [1.807, 2.05) is 24.3 Å². The van der Waals surface area contributed by atoms with Crippen molar-refractivity contribution in [2.24, 2.45) is 11.8 Å². The molecule has 8 atom stereocenters. The highest BCUT2D eigenvalue weighted by Gasteiger charge is 2.50. The van der Waals surface area contributed by atoms with E-state index >= 15 is 0 Å². The second kappa shape index (κ2) is 10.7. The predicted molar refractivity (Wildman–Crippen MR) is 125 cm³/mol. The van der Waals surface area contributed by atoms with Crippen LogP contribution < -0.4 is 9.47 Å². The number of para-hydroxylation sites is 2. The van der Waals surface area contributed by atoms with Gasteiger partial charge in [0.15, 0.2) is 30.4 Å². The summed E-state index contributed by atoms with van der Waals surface area (Å²) in [5.41, 5.74) is 0. The molecule has 5 aliphatic rings. The van der Waals surface area contributed by atoms with Crippen molar-refractivity contribution >= 4 is 0 Å². The molecule has 1 N–H and O–H groups in total. The van der Waals surface area contributed by atoms with Crippen molar-refractivity contribution in [3.8, 4) is 11.5 Å². The lowest BCUT2D eigenvalue weighted by Gasteiger charge is -2.37. The van der Waals surface area contributed by atoms with Crippen LogP contribution in [0.2, 0.25) is 0 Å². The molecule has 3 unspecified atom stereocenters. The zero-order chi connectivity index (χ0) is 23.6. The summed E-state index contributed by atoms with van der Waals surface area (Å²) in [6, 6.07) is 7.72. The maximum Gasteiger partial charge on any atom is 0.244 e. The molecule has 3 saturated heterocycles. The summed E-state index contributed by atoms with van der Waals surface area (Å²) in [5, 5.41) is 10.1. The lowest BCUT2D eigenvalue weighted by molar-refractivity contribution is -0.289. The van der Waals surface area contributed by atoms with Crippen LogP contribution in [0.5, 0.6) is 11.5 Å². The predicted octanol–water partition coefficient (Wildman–Crippen LogP) is 3.91. The summed E-state index contributed by atoms with van der Waals surface area (Å²) in [7, 11) is 0. The topological polar surface area (TPSA) is 84.8 Å². The monoisotopic (exact) mass is 488 g/mol. The molecule has 4 aliphatic heterocycles. The fraction of sp³-hybridized carbons (Fsp3) is 0.704. The number of aliphatic hydroxyl groups is 1. The molecule has 4 fully saturated rings. The number of aliphatic hydroxyl groups excluding tert-OH is 1. The molecule has 0 bridgehead atoms. The number of hydrogen-bond acceptors (Lipinski definition) is 8. The number of fused-ring (bicyclic) bond motifs is 2. The van der Waals surface area contributed by atoms with Gasteiger partial charge in [-0.3, -0.25) is 0 Å². The first-order valence-corrected chi connectivity index (χ1v) is 13.2. The molecule has 1 aromatic carbocycles. The van der Waals surface area contributed by atoms with Crippen LogP contribution in [0.4, 0.5) is 0 Å². The number of benzene rings is 1. The first kappa shape index (κ1) is 23.7. The van der Waals surface area contributed by atoms with E-state index < -0.39 is 12.6 Å². The summed E-state index contributed by atoms with van der Waals surface area (Å²) < 4.78 is 42.3. The Morgan fingerprint density at radius 3 is 2.54 bits per heavy atom. The zero-order valence-electron chi connectivity index (χ0n) is 20.0. The van der Waals surface area contributed by atoms with Crippen molar-refractivity contribution in [3.05, 3.63) is 36.4 Å². The van der Waals surface area contributed by atoms with Gasteiger partial charge in [-0.1, -0.05) is 24.3 Å². The van der Waals surface area contributed by atoms with Gasteiger partial charge in [-0.15, -0.1) is 0 Å². The van der Waals surface area contributed by atoms with E-state index in [2.05, 4.69) is 12.2 Å². The molecular formula is C27H36O8. The molecular weight excluding hydrogens is 452 g/mol. The molecule has 35 heavy (non-hydrogen) atoms. The standard InChI is InChI=1S/C27H36O8/c28-24-15-18-17(7-5-12-26-32-19-8-1-2-9-20(19)33-26)22(16-23(18)31-24)35-27-21(10-6-14-30-27)34-25-11-3-4-13-29-25/h1-2,5,7-9,17-18,21-28H,3-4,6,10-16H2/b7-5+/t17-,18-,21-,22-,23+,24?,25?,27?/m1/s1. The van der Waals surface area contributed by atoms with Crippen molar-refractivity contribution in [2.45, 2.75) is 94.8 Å². The van der Waals surface area contributed by atoms with Crippen LogP contribution in [0, 0.1) is 11.8 Å². The summed E-state index contributed by atoms with van der Waals surface area (Å²) in [6.45, 7) is 1.42. The van der Waals surface area contributed by atoms with Crippen LogP contribution >= 0.6 is 0 Å². The maximum atomic E-state index is 10.1. The third-order valence-electron chi connectivity index (χ3n) is 7.72. The van der Waals surface area contributed by atoms with E-state index in [9.17, 15) is 5.11 Å². The smallest absolute Gasteiger partial charge is 0.244 e. The van der Waals surface area contributed by atoms with Gasteiger partial charge in [0.05, 0.1) is 12.2 Å². The zero-order valence-corrected chi connectivity index (χ0v) is 20.0. The van der Waals surface area contributed by atoms with Crippen LogP contribution in [0.1, 0.15) is 51.4 Å². The van der Waals surface area contributed by atoms with Gasteiger partial charge in [0.1, 0.15) is 6.10 Å². The van der Waals surface area contributed by atoms with Crippen molar-refractivity contribution in [2.75, 3.05) is 13.2 Å². The SMILES string of the molecule is OC1C[C@@H]2[C@@H](/C=C/CC3Oc4ccccc4O3)[C@H](OC3OCCC[C@H]3OC3CCCCO3)C[C@@H]2O1. The van der Waals surface area contributed by atoms with E-state index in [4.69, 9.17) is 33.2 Å². The Hall–Kier alpha value is -1.68. The minimum atomic E-state index is -0.705. The summed E-state index contributed by atoms with van der Waals surface area (Å²) in [5.74, 6) is 1.88. The first-order chi connectivity index (χ1) is 17.2. The summed E-state index contributed by atoms with van der Waals surface area (Å²) >= 11 is 0. The molecule has 0 amide bonds. The Morgan fingerprint density at radius 2 is 1.74 bits per heavy atom. The molecule has 4 heterocycles. The Labute approximate surface area is 206 Å². The fourth-order valence-corrected chi connectivity index (χ4v) is 6.02. The van der Waals surface area contributed by atoms with Gasteiger partial charge in [-0.25, -0.2) is 0 Å². The molecule has 0 radical (unpaired) electrons. The van der Waals surface area contributed by atoms with Crippen LogP contribution in [0.25, 0.3) is 0 Å². The molecule has 0 aromatic heterocycles. The lowest BCUT2D eigenvalue weighted by Crippen LogP contribution is -2.44. The highest BCUT2D eigenvalue weighted by Crippen LogP contribution is 2.46. The fourth-order valence-electron chi connectivity index (χ4n) is 6.02. The number of hydrogen-bond donors (Lipinski definition) is 1. The molecule has 1 aromatic rings. The maximum absolute atomic E-state index is 10.1. The minimum absolute atomic E-state index is 0.0162. The van der Waals surface area contributed by atoms with Gasteiger partial charge in [0, 0.05) is 38.4 Å². The van der Waals surface area contributed by atoms with Crippen molar-refractivity contribution in [1.82, 2.24) is 0 Å². The molecule has 0 spiro atoms. The van der Waals surface area contributed by atoms with Crippen LogP contribution in [-0.2, 0) is 23.7 Å². The second-order valence-corrected chi connectivity index (χ2v) is 10.1. The summed E-state index contributed by atoms with van der Waals surface area (Å²) in [6.07, 6.45) is 9.40. The third-order valence-corrected chi connectivity index (χ3v) is 7.72. The van der Waals surface area contributed by atoms with Crippen molar-refractivity contribution in [3.63, 3.8) is 0 Å². The Bertz CT molecular complexity index is 845. The normalized spacial score (nSPS) is 39.3. The average Bonchev–Trinajstić information content (AvgIpc) is 3.53. The van der Waals surface area contributed by atoms with E-state index in [0.717, 1.165) is 56.6 Å². The Balaban J connectivity index is 1.10. The molecule has 1 saturated carbocycles. The van der Waals surface area contributed by atoms with Gasteiger partial charge in [-0.05, 0) is 50.2 Å². The van der Waals surface area contributed by atoms with Crippen LogP contribution in [-0.4, -0.2) is 61.8 Å². The van der Waals surface area contributed by atoms with E-state index in [-0.39, 0.29) is 42.7 Å². The largest absolute Gasteiger partial charge is 0.451 e. The number of rotatable bonds is 7. The van der Waals surface area contributed by atoms with Crippen molar-refractivity contribution < 1.29 is 38.3 Å². The first-order valence-electron chi connectivity index (χ1n) is 13.2. The average molecular weight is 489 g/mol. The van der Waals surface area contributed by atoms with E-state index in [1.54, 1.807) is 0 Å². The quantitative estimate of drug-likeness (QED) is 0.579. The highest BCUT2D eigenvalue weighted by atomic mass is 16.7. The van der Waals surface area contributed by atoms with Gasteiger partial charge < -0.3 is 38.3 Å². The second-order valence-electron chi connectivity index (χ2n) is 10.1. The highest BCUT2D eigenvalue weighted by molar-refractivity contribution is 5.41. The van der Waals surface area contributed by atoms with E-state index in [1.165, 1.54) is 0 Å². The van der Waals surface area contributed by atoms with Gasteiger partial charge in [0.2, 0.25) is 6.29 Å². The number of ether oxygens (including phenoxy) is 7. The molecule has 8 heteroatoms. The Morgan fingerprint density at radius 1 is 0.914 bits per heavy atom.